The van der Waals surface area contributed by atoms with Crippen molar-refractivity contribution in [1.82, 2.24) is 15.5 Å². The molecular formula is C28H35N3O5. The van der Waals surface area contributed by atoms with Crippen molar-refractivity contribution in [2.45, 2.75) is 43.7 Å². The van der Waals surface area contributed by atoms with Crippen molar-refractivity contribution >= 4 is 17.8 Å². The maximum absolute atomic E-state index is 13.0. The summed E-state index contributed by atoms with van der Waals surface area (Å²) in [6, 6.07) is 16.5. The zero-order valence-electron chi connectivity index (χ0n) is 20.6. The molecule has 2 aromatic rings. The van der Waals surface area contributed by atoms with Crippen LogP contribution in [0.2, 0.25) is 0 Å². The molecule has 0 radical (unpaired) electrons. The van der Waals surface area contributed by atoms with E-state index in [0.717, 1.165) is 38.8 Å². The van der Waals surface area contributed by atoms with Gasteiger partial charge in [0.2, 0.25) is 0 Å². The normalized spacial score (nSPS) is 18.6. The molecule has 4 rings (SSSR count). The van der Waals surface area contributed by atoms with Crippen LogP contribution in [0.1, 0.15) is 54.1 Å². The topological polar surface area (TPSA) is 97.0 Å². The molecule has 1 heterocycles. The first-order chi connectivity index (χ1) is 17.6. The second kappa shape index (κ2) is 12.6. The highest BCUT2D eigenvalue weighted by molar-refractivity contribution is 5.97. The van der Waals surface area contributed by atoms with E-state index in [2.05, 4.69) is 15.5 Å². The summed E-state index contributed by atoms with van der Waals surface area (Å²) in [5.74, 6) is -1.42. The highest BCUT2D eigenvalue weighted by Crippen LogP contribution is 2.33. The molecular weight excluding hydrogens is 458 g/mol. The Labute approximate surface area is 212 Å². The predicted octanol–water partition coefficient (Wildman–Crippen LogP) is 2.85. The monoisotopic (exact) mass is 493 g/mol. The van der Waals surface area contributed by atoms with Crippen molar-refractivity contribution < 1.29 is 23.9 Å². The predicted molar refractivity (Wildman–Crippen MR) is 135 cm³/mol. The highest BCUT2D eigenvalue weighted by Gasteiger charge is 2.39. The maximum atomic E-state index is 13.0. The lowest BCUT2D eigenvalue weighted by Crippen LogP contribution is -2.59. The summed E-state index contributed by atoms with van der Waals surface area (Å²) in [6.45, 7) is 3.28. The standard InChI is InChI=1S/C28H35N3O5/c32-24(29-21-28(14-8-3-9-15-28)31-16-18-35-19-17-31)20-36-27(34)25(22-10-4-1-5-11-22)30-26(33)23-12-6-2-7-13-23/h1-2,4-7,10-13,25H,3,8-9,14-21H2,(H,29,32)(H,30,33). The van der Waals surface area contributed by atoms with Crippen LogP contribution in [0, 0.1) is 0 Å². The van der Waals surface area contributed by atoms with Crippen molar-refractivity contribution in [3.63, 3.8) is 0 Å². The molecule has 2 fully saturated rings. The Morgan fingerprint density at radius 2 is 1.56 bits per heavy atom. The lowest BCUT2D eigenvalue weighted by Gasteiger charge is -2.48. The molecule has 1 unspecified atom stereocenters. The molecule has 1 atom stereocenters. The van der Waals surface area contributed by atoms with Crippen LogP contribution < -0.4 is 10.6 Å². The highest BCUT2D eigenvalue weighted by atomic mass is 16.5. The summed E-state index contributed by atoms with van der Waals surface area (Å²) in [6.07, 6.45) is 5.57. The molecule has 1 saturated carbocycles. The van der Waals surface area contributed by atoms with E-state index in [1.807, 2.05) is 12.1 Å². The summed E-state index contributed by atoms with van der Waals surface area (Å²) >= 11 is 0. The Morgan fingerprint density at radius 3 is 2.22 bits per heavy atom. The maximum Gasteiger partial charge on any atom is 0.333 e. The molecule has 0 spiro atoms. The molecule has 1 saturated heterocycles. The molecule has 2 amide bonds. The minimum atomic E-state index is -1.02. The van der Waals surface area contributed by atoms with E-state index in [-0.39, 0.29) is 11.4 Å². The van der Waals surface area contributed by atoms with Crippen LogP contribution in [0.15, 0.2) is 60.7 Å². The van der Waals surface area contributed by atoms with Crippen LogP contribution >= 0.6 is 0 Å². The van der Waals surface area contributed by atoms with Crippen molar-refractivity contribution in [2.24, 2.45) is 0 Å². The number of morpholine rings is 1. The summed E-state index contributed by atoms with van der Waals surface area (Å²) in [7, 11) is 0. The van der Waals surface area contributed by atoms with Gasteiger partial charge in [0.05, 0.1) is 13.2 Å². The lowest BCUT2D eigenvalue weighted by atomic mass is 9.79. The van der Waals surface area contributed by atoms with E-state index in [9.17, 15) is 14.4 Å². The molecule has 8 heteroatoms. The quantitative estimate of drug-likeness (QED) is 0.522. The van der Waals surface area contributed by atoms with Crippen LogP contribution in [0.3, 0.4) is 0 Å². The first-order valence-corrected chi connectivity index (χ1v) is 12.7. The fourth-order valence-electron chi connectivity index (χ4n) is 5.11. The van der Waals surface area contributed by atoms with Crippen molar-refractivity contribution in [2.75, 3.05) is 39.5 Å². The Bertz CT molecular complexity index is 1000. The minimum Gasteiger partial charge on any atom is -0.454 e. The minimum absolute atomic E-state index is 0.0715. The van der Waals surface area contributed by atoms with E-state index in [0.29, 0.717) is 30.9 Å². The van der Waals surface area contributed by atoms with Gasteiger partial charge in [0.25, 0.3) is 11.8 Å². The molecule has 2 aromatic carbocycles. The average Bonchev–Trinajstić information content (AvgIpc) is 2.95. The van der Waals surface area contributed by atoms with Gasteiger partial charge in [0.1, 0.15) is 0 Å². The number of nitrogens with one attached hydrogen (secondary N) is 2. The molecule has 36 heavy (non-hydrogen) atoms. The van der Waals surface area contributed by atoms with Gasteiger partial charge in [-0.15, -0.1) is 0 Å². The second-order valence-corrected chi connectivity index (χ2v) is 9.45. The van der Waals surface area contributed by atoms with E-state index >= 15 is 0 Å². The molecule has 192 valence electrons. The number of carbonyl (C=O) groups excluding carboxylic acids is 3. The van der Waals surface area contributed by atoms with Crippen LogP contribution in [-0.2, 0) is 19.1 Å². The Hall–Kier alpha value is -3.23. The molecule has 2 aliphatic rings. The Morgan fingerprint density at radius 1 is 0.917 bits per heavy atom. The van der Waals surface area contributed by atoms with Gasteiger partial charge in [-0.05, 0) is 30.5 Å². The number of esters is 1. The van der Waals surface area contributed by atoms with E-state index in [1.54, 1.807) is 48.5 Å². The Balaban J connectivity index is 1.35. The summed E-state index contributed by atoms with van der Waals surface area (Å²) in [4.78, 5) is 40.9. The SMILES string of the molecule is O=C(COC(=O)C(NC(=O)c1ccccc1)c1ccccc1)NCC1(N2CCOCC2)CCCCC1. The second-order valence-electron chi connectivity index (χ2n) is 9.45. The first-order valence-electron chi connectivity index (χ1n) is 12.7. The van der Waals surface area contributed by atoms with E-state index in [1.165, 1.54) is 6.42 Å². The number of benzene rings is 2. The van der Waals surface area contributed by atoms with Crippen LogP contribution in [0.5, 0.6) is 0 Å². The fourth-order valence-corrected chi connectivity index (χ4v) is 5.11. The van der Waals surface area contributed by atoms with Gasteiger partial charge in [-0.3, -0.25) is 14.5 Å². The van der Waals surface area contributed by atoms with Crippen LogP contribution in [-0.4, -0.2) is 67.7 Å². The third kappa shape index (κ3) is 6.71. The number of amides is 2. The fraction of sp³-hybridized carbons (Fsp3) is 0.464. The smallest absolute Gasteiger partial charge is 0.333 e. The van der Waals surface area contributed by atoms with Gasteiger partial charge in [-0.2, -0.15) is 0 Å². The van der Waals surface area contributed by atoms with Gasteiger partial charge >= 0.3 is 5.97 Å². The van der Waals surface area contributed by atoms with Crippen LogP contribution in [0.25, 0.3) is 0 Å². The number of carbonyl (C=O) groups is 3. The lowest BCUT2D eigenvalue weighted by molar-refractivity contribution is -0.150. The van der Waals surface area contributed by atoms with E-state index < -0.39 is 24.5 Å². The van der Waals surface area contributed by atoms with Gasteiger partial charge < -0.3 is 20.1 Å². The van der Waals surface area contributed by atoms with Crippen molar-refractivity contribution in [3.05, 3.63) is 71.8 Å². The van der Waals surface area contributed by atoms with Gasteiger partial charge in [0, 0.05) is 30.7 Å². The molecule has 1 aliphatic heterocycles. The molecule has 8 nitrogen and oxygen atoms in total. The molecule has 2 N–H and O–H groups in total. The van der Waals surface area contributed by atoms with Gasteiger partial charge in [0.15, 0.2) is 12.6 Å². The van der Waals surface area contributed by atoms with Crippen molar-refractivity contribution in [3.8, 4) is 0 Å². The number of hydrogen-bond donors (Lipinski definition) is 2. The largest absolute Gasteiger partial charge is 0.454 e. The molecule has 0 aromatic heterocycles. The summed E-state index contributed by atoms with van der Waals surface area (Å²) in [5.41, 5.74) is 0.948. The van der Waals surface area contributed by atoms with Crippen molar-refractivity contribution in [1.29, 1.82) is 0 Å². The zero-order valence-corrected chi connectivity index (χ0v) is 20.6. The summed E-state index contributed by atoms with van der Waals surface area (Å²) < 4.78 is 10.9. The Kier molecular flexibility index (Phi) is 9.08. The van der Waals surface area contributed by atoms with Crippen LogP contribution in [0.4, 0.5) is 0 Å². The number of hydrogen-bond acceptors (Lipinski definition) is 6. The average molecular weight is 494 g/mol. The van der Waals surface area contributed by atoms with E-state index in [4.69, 9.17) is 9.47 Å². The molecule has 0 bridgehead atoms. The third-order valence-corrected chi connectivity index (χ3v) is 7.11. The number of rotatable bonds is 9. The van der Waals surface area contributed by atoms with Gasteiger partial charge in [-0.1, -0.05) is 67.8 Å². The first kappa shape index (κ1) is 25.9. The third-order valence-electron chi connectivity index (χ3n) is 7.11. The number of nitrogens with zero attached hydrogens (tertiary/aromatic N) is 1. The van der Waals surface area contributed by atoms with Gasteiger partial charge in [-0.25, -0.2) is 4.79 Å². The number of ether oxygens (including phenoxy) is 2. The summed E-state index contributed by atoms with van der Waals surface area (Å²) in [5, 5.41) is 5.75. The molecule has 1 aliphatic carbocycles. The zero-order chi connectivity index (χ0) is 25.2.